The van der Waals surface area contributed by atoms with Crippen LogP contribution in [0.25, 0.3) is 0 Å². The minimum Gasteiger partial charge on any atom is -0.481 e. The van der Waals surface area contributed by atoms with Gasteiger partial charge in [0.25, 0.3) is 0 Å². The standard InChI is InChI=1S/C10H18O4.C9H14O3.CO2/c1-4-5-8(10(12)14-3)6-7-9(11)13-2;1-2-6-5-7(9(11)12)3-4-8(6)10;2-1-3/h8H,4-7H2,1-3H3;6-7H,2-5H2,1H3,(H,11,12);. The number of methoxy groups -OCH3 is 2. The summed E-state index contributed by atoms with van der Waals surface area (Å²) in [6, 6.07) is 0. The zero-order valence-corrected chi connectivity index (χ0v) is 17.6. The Hall–Kier alpha value is -2.54. The quantitative estimate of drug-likeness (QED) is 0.590. The fourth-order valence-electron chi connectivity index (χ4n) is 3.02. The van der Waals surface area contributed by atoms with E-state index in [-0.39, 0.29) is 48.0 Å². The van der Waals surface area contributed by atoms with Crippen LogP contribution >= 0.6 is 0 Å². The van der Waals surface area contributed by atoms with Gasteiger partial charge in [0, 0.05) is 18.8 Å². The molecule has 1 rings (SSSR count). The first-order valence-electron chi connectivity index (χ1n) is 9.61. The third kappa shape index (κ3) is 13.3. The molecule has 29 heavy (non-hydrogen) atoms. The maximum atomic E-state index is 11.2. The van der Waals surface area contributed by atoms with Gasteiger partial charge in [-0.1, -0.05) is 20.3 Å². The van der Waals surface area contributed by atoms with Gasteiger partial charge in [-0.2, -0.15) is 9.59 Å². The van der Waals surface area contributed by atoms with E-state index in [1.54, 1.807) is 0 Å². The molecule has 9 nitrogen and oxygen atoms in total. The summed E-state index contributed by atoms with van der Waals surface area (Å²) in [7, 11) is 2.71. The average molecular weight is 416 g/mol. The first kappa shape index (κ1) is 28.7. The zero-order valence-electron chi connectivity index (χ0n) is 17.6. The first-order chi connectivity index (χ1) is 13.7. The van der Waals surface area contributed by atoms with E-state index in [2.05, 4.69) is 9.47 Å². The van der Waals surface area contributed by atoms with Crippen molar-refractivity contribution < 1.29 is 43.3 Å². The Morgan fingerprint density at radius 3 is 2.14 bits per heavy atom. The number of aliphatic carboxylic acids is 1. The van der Waals surface area contributed by atoms with Gasteiger partial charge in [-0.05, 0) is 32.1 Å². The number of hydrogen-bond acceptors (Lipinski definition) is 8. The highest BCUT2D eigenvalue weighted by Gasteiger charge is 2.31. The minimum atomic E-state index is -0.749. The van der Waals surface area contributed by atoms with Crippen molar-refractivity contribution in [3.05, 3.63) is 0 Å². The van der Waals surface area contributed by atoms with Gasteiger partial charge in [-0.3, -0.25) is 19.2 Å². The van der Waals surface area contributed by atoms with Crippen LogP contribution in [0, 0.1) is 17.8 Å². The van der Waals surface area contributed by atoms with Crippen LogP contribution in [0.1, 0.15) is 65.2 Å². The Bertz CT molecular complexity index is 550. The van der Waals surface area contributed by atoms with Crippen molar-refractivity contribution in [2.45, 2.75) is 65.2 Å². The topological polar surface area (TPSA) is 141 Å². The van der Waals surface area contributed by atoms with Crippen LogP contribution in [-0.2, 0) is 38.2 Å². The molecule has 166 valence electrons. The molecule has 1 aliphatic rings. The van der Waals surface area contributed by atoms with E-state index in [1.807, 2.05) is 13.8 Å². The Balaban J connectivity index is 0. The molecule has 0 aliphatic heterocycles. The van der Waals surface area contributed by atoms with E-state index in [1.165, 1.54) is 14.2 Å². The third-order valence-electron chi connectivity index (χ3n) is 4.70. The predicted molar refractivity (Wildman–Crippen MR) is 100 cm³/mol. The van der Waals surface area contributed by atoms with Crippen LogP contribution in [0.15, 0.2) is 0 Å². The number of rotatable bonds is 8. The summed E-state index contributed by atoms with van der Waals surface area (Å²) < 4.78 is 9.14. The highest BCUT2D eigenvalue weighted by molar-refractivity contribution is 5.84. The van der Waals surface area contributed by atoms with Gasteiger partial charge in [0.2, 0.25) is 0 Å². The number of carbonyl (C=O) groups is 4. The Kier molecular flexibility index (Phi) is 17.4. The van der Waals surface area contributed by atoms with Crippen LogP contribution in [0.5, 0.6) is 0 Å². The largest absolute Gasteiger partial charge is 0.481 e. The maximum absolute atomic E-state index is 11.2. The molecule has 0 saturated heterocycles. The van der Waals surface area contributed by atoms with E-state index < -0.39 is 5.97 Å². The van der Waals surface area contributed by atoms with Gasteiger partial charge in [0.05, 0.1) is 26.1 Å². The second-order valence-corrected chi connectivity index (χ2v) is 6.59. The lowest BCUT2D eigenvalue weighted by atomic mass is 9.79. The lowest BCUT2D eigenvalue weighted by Crippen LogP contribution is -2.28. The van der Waals surface area contributed by atoms with Crippen molar-refractivity contribution >= 4 is 29.8 Å². The number of ketones is 1. The van der Waals surface area contributed by atoms with Crippen molar-refractivity contribution in [2.75, 3.05) is 14.2 Å². The van der Waals surface area contributed by atoms with E-state index in [4.69, 9.17) is 14.7 Å². The van der Waals surface area contributed by atoms with E-state index in [0.717, 1.165) is 19.3 Å². The molecule has 1 fully saturated rings. The number of carboxylic acid groups (broad SMARTS) is 1. The number of carboxylic acids is 1. The van der Waals surface area contributed by atoms with Crippen LogP contribution < -0.4 is 0 Å². The minimum absolute atomic E-state index is 0.000139. The SMILES string of the molecule is CCC1CC(C(=O)O)CCC1=O.CCCC(CCC(=O)OC)C(=O)OC.O=C=O. The van der Waals surface area contributed by atoms with Crippen molar-refractivity contribution in [3.63, 3.8) is 0 Å². The normalized spacial score (nSPS) is 18.6. The molecule has 1 saturated carbocycles. The summed E-state index contributed by atoms with van der Waals surface area (Å²) >= 11 is 0. The molecule has 0 aromatic carbocycles. The van der Waals surface area contributed by atoms with Crippen molar-refractivity contribution in [3.8, 4) is 0 Å². The van der Waals surface area contributed by atoms with Crippen molar-refractivity contribution in [1.29, 1.82) is 0 Å². The Morgan fingerprint density at radius 1 is 1.14 bits per heavy atom. The molecule has 0 bridgehead atoms. The molecule has 3 atom stereocenters. The molecule has 0 heterocycles. The number of hydrogen-bond donors (Lipinski definition) is 1. The smallest absolute Gasteiger partial charge is 0.373 e. The molecular formula is C20H32O9. The average Bonchev–Trinajstić information content (AvgIpc) is 2.71. The van der Waals surface area contributed by atoms with Gasteiger partial charge in [0.1, 0.15) is 5.78 Å². The monoisotopic (exact) mass is 416 g/mol. The fourth-order valence-corrected chi connectivity index (χ4v) is 3.02. The molecule has 3 unspecified atom stereocenters. The molecule has 1 aliphatic carbocycles. The van der Waals surface area contributed by atoms with Gasteiger partial charge >= 0.3 is 24.1 Å². The number of ether oxygens (including phenoxy) is 2. The molecule has 0 radical (unpaired) electrons. The Morgan fingerprint density at radius 2 is 1.72 bits per heavy atom. The summed E-state index contributed by atoms with van der Waals surface area (Å²) in [6.45, 7) is 3.93. The predicted octanol–water partition coefficient (Wildman–Crippen LogP) is 2.41. The summed E-state index contributed by atoms with van der Waals surface area (Å²) in [6.07, 6.45) is 5.00. The van der Waals surface area contributed by atoms with E-state index >= 15 is 0 Å². The van der Waals surface area contributed by atoms with Crippen LogP contribution in [-0.4, -0.2) is 49.2 Å². The summed E-state index contributed by atoms with van der Waals surface area (Å²) in [5.74, 6) is -1.49. The fraction of sp³-hybridized carbons (Fsp3) is 0.750. The van der Waals surface area contributed by atoms with Crippen LogP contribution in [0.2, 0.25) is 0 Å². The Labute approximate surface area is 171 Å². The second kappa shape index (κ2) is 17.6. The lowest BCUT2D eigenvalue weighted by molar-refractivity contribution is -0.191. The van der Waals surface area contributed by atoms with Gasteiger partial charge in [-0.25, -0.2) is 0 Å². The number of esters is 2. The van der Waals surface area contributed by atoms with Crippen LogP contribution in [0.4, 0.5) is 0 Å². The van der Waals surface area contributed by atoms with Gasteiger partial charge in [-0.15, -0.1) is 0 Å². The molecule has 0 aromatic rings. The third-order valence-corrected chi connectivity index (χ3v) is 4.70. The molecule has 0 spiro atoms. The molecule has 1 N–H and O–H groups in total. The summed E-state index contributed by atoms with van der Waals surface area (Å²) in [5.41, 5.74) is 0. The molecule has 9 heteroatoms. The maximum Gasteiger partial charge on any atom is 0.373 e. The van der Waals surface area contributed by atoms with Crippen LogP contribution in [0.3, 0.4) is 0 Å². The summed E-state index contributed by atoms with van der Waals surface area (Å²) in [5, 5.41) is 8.73. The van der Waals surface area contributed by atoms with Crippen molar-refractivity contribution in [1.82, 2.24) is 0 Å². The highest BCUT2D eigenvalue weighted by Crippen LogP contribution is 2.28. The van der Waals surface area contributed by atoms with Crippen molar-refractivity contribution in [2.24, 2.45) is 17.8 Å². The zero-order chi connectivity index (χ0) is 22.8. The first-order valence-corrected chi connectivity index (χ1v) is 9.61. The van der Waals surface area contributed by atoms with Gasteiger partial charge < -0.3 is 14.6 Å². The van der Waals surface area contributed by atoms with E-state index in [0.29, 0.717) is 25.7 Å². The van der Waals surface area contributed by atoms with E-state index in [9.17, 15) is 19.2 Å². The number of carbonyl (C=O) groups excluding carboxylic acids is 5. The molecule has 0 amide bonds. The highest BCUT2D eigenvalue weighted by atomic mass is 16.5. The molecular weight excluding hydrogens is 384 g/mol. The molecule has 0 aromatic heterocycles. The van der Waals surface area contributed by atoms with Gasteiger partial charge in [0.15, 0.2) is 0 Å². The summed E-state index contributed by atoms with van der Waals surface area (Å²) in [4.78, 5) is 60.1. The lowest BCUT2D eigenvalue weighted by Gasteiger charge is -2.24. The second-order valence-electron chi connectivity index (χ2n) is 6.59. The number of Topliss-reactive ketones (excluding diaryl/α,β-unsaturated/α-hetero) is 1.